The minimum Gasteiger partial charge on any atom is -0.456 e. The molecule has 7 heteroatoms. The molecule has 2 heterocycles. The lowest BCUT2D eigenvalue weighted by atomic mass is 10.2. The highest BCUT2D eigenvalue weighted by Gasteiger charge is 2.28. The normalized spacial score (nSPS) is 20.6. The van der Waals surface area contributed by atoms with Gasteiger partial charge in [-0.15, -0.1) is 0 Å². The van der Waals surface area contributed by atoms with E-state index in [1.165, 1.54) is 0 Å². The summed E-state index contributed by atoms with van der Waals surface area (Å²) in [5.41, 5.74) is 5.49. The van der Waals surface area contributed by atoms with Gasteiger partial charge in [0, 0.05) is 13.0 Å². The Morgan fingerprint density at radius 3 is 3.05 bits per heavy atom. The summed E-state index contributed by atoms with van der Waals surface area (Å²) in [5, 5.41) is 11.5. The Bertz CT molecular complexity index is 483. The number of aryl methyl sites for hydroxylation is 1. The van der Waals surface area contributed by atoms with Crippen molar-refractivity contribution < 1.29 is 19.2 Å². The number of hydrogen-bond donors (Lipinski definition) is 2. The Hall–Kier alpha value is -2.02. The number of ether oxygens (including phenoxy) is 1. The van der Waals surface area contributed by atoms with Crippen LogP contribution in [0.3, 0.4) is 0 Å². The summed E-state index contributed by atoms with van der Waals surface area (Å²) in [6.45, 7) is 3.00. The van der Waals surface area contributed by atoms with Crippen LogP contribution in [-0.2, 0) is 11.2 Å². The molecule has 1 saturated heterocycles. The van der Waals surface area contributed by atoms with Crippen LogP contribution in [0.5, 0.6) is 0 Å². The lowest BCUT2D eigenvalue weighted by Crippen LogP contribution is -2.50. The minimum absolute atomic E-state index is 0.0359. The molecule has 1 aromatic rings. The van der Waals surface area contributed by atoms with Crippen molar-refractivity contribution in [1.29, 1.82) is 0 Å². The van der Waals surface area contributed by atoms with Crippen molar-refractivity contribution >= 4 is 11.7 Å². The van der Waals surface area contributed by atoms with E-state index in [9.17, 15) is 4.79 Å². The number of amidine groups is 1. The van der Waals surface area contributed by atoms with Crippen molar-refractivity contribution in [3.05, 3.63) is 23.7 Å². The Kier molecular flexibility index (Phi) is 4.06. The molecular formula is C12H17N3O4. The Labute approximate surface area is 110 Å². The van der Waals surface area contributed by atoms with Gasteiger partial charge in [-0.25, -0.2) is 0 Å². The number of nitrogens with zero attached hydrogens (tertiary/aromatic N) is 2. The molecule has 1 aliphatic rings. The van der Waals surface area contributed by atoms with Crippen LogP contribution in [0.25, 0.3) is 0 Å². The van der Waals surface area contributed by atoms with Gasteiger partial charge < -0.3 is 25.0 Å². The number of oxime groups is 1. The number of nitrogens with two attached hydrogens (primary N) is 1. The predicted octanol–water partition coefficient (Wildman–Crippen LogP) is 0.429. The maximum absolute atomic E-state index is 12.2. The Morgan fingerprint density at radius 2 is 2.42 bits per heavy atom. The van der Waals surface area contributed by atoms with E-state index in [1.54, 1.807) is 17.0 Å². The molecule has 0 bridgehead atoms. The number of carbonyl (C=O) groups is 1. The van der Waals surface area contributed by atoms with E-state index >= 15 is 0 Å². The van der Waals surface area contributed by atoms with Crippen LogP contribution in [0.1, 0.15) is 23.2 Å². The topological polar surface area (TPSA) is 101 Å². The SMILES string of the molecule is CCc1ccc(C(=O)N2CCOC(C(N)=NO)C2)o1. The number of morpholine rings is 1. The van der Waals surface area contributed by atoms with Gasteiger partial charge in [-0.05, 0) is 12.1 Å². The summed E-state index contributed by atoms with van der Waals surface area (Å²) >= 11 is 0. The quantitative estimate of drug-likeness (QED) is 0.358. The number of rotatable bonds is 3. The Balaban J connectivity index is 2.06. The van der Waals surface area contributed by atoms with Gasteiger partial charge in [-0.1, -0.05) is 12.1 Å². The molecule has 1 atom stereocenters. The average Bonchev–Trinajstić information content (AvgIpc) is 2.94. The second-order valence-electron chi connectivity index (χ2n) is 4.25. The Morgan fingerprint density at radius 1 is 1.63 bits per heavy atom. The molecule has 0 saturated carbocycles. The van der Waals surface area contributed by atoms with Crippen LogP contribution in [0.2, 0.25) is 0 Å². The van der Waals surface area contributed by atoms with E-state index in [0.717, 1.165) is 12.2 Å². The zero-order chi connectivity index (χ0) is 13.8. The molecule has 1 unspecified atom stereocenters. The van der Waals surface area contributed by atoms with Crippen LogP contribution < -0.4 is 5.73 Å². The summed E-state index contributed by atoms with van der Waals surface area (Å²) in [6, 6.07) is 3.45. The molecule has 7 nitrogen and oxygen atoms in total. The molecule has 1 fully saturated rings. The maximum atomic E-state index is 12.2. The van der Waals surface area contributed by atoms with E-state index in [-0.39, 0.29) is 18.3 Å². The zero-order valence-corrected chi connectivity index (χ0v) is 10.7. The molecule has 0 aliphatic carbocycles. The van der Waals surface area contributed by atoms with Gasteiger partial charge in [0.25, 0.3) is 5.91 Å². The fourth-order valence-electron chi connectivity index (χ4n) is 1.92. The van der Waals surface area contributed by atoms with Crippen molar-refractivity contribution in [3.8, 4) is 0 Å². The summed E-state index contributed by atoms with van der Waals surface area (Å²) in [7, 11) is 0. The van der Waals surface area contributed by atoms with E-state index in [4.69, 9.17) is 20.1 Å². The van der Waals surface area contributed by atoms with Crippen LogP contribution in [-0.4, -0.2) is 47.7 Å². The lowest BCUT2D eigenvalue weighted by Gasteiger charge is -2.31. The monoisotopic (exact) mass is 267 g/mol. The van der Waals surface area contributed by atoms with Crippen molar-refractivity contribution in [2.24, 2.45) is 10.9 Å². The number of hydrogen-bond acceptors (Lipinski definition) is 5. The van der Waals surface area contributed by atoms with Crippen molar-refractivity contribution in [2.45, 2.75) is 19.4 Å². The molecule has 0 spiro atoms. The van der Waals surface area contributed by atoms with E-state index < -0.39 is 6.10 Å². The summed E-state index contributed by atoms with van der Waals surface area (Å²) in [6.07, 6.45) is 0.159. The molecular weight excluding hydrogens is 250 g/mol. The number of carbonyl (C=O) groups excluding carboxylic acids is 1. The van der Waals surface area contributed by atoms with Gasteiger partial charge in [0.1, 0.15) is 11.9 Å². The zero-order valence-electron chi connectivity index (χ0n) is 10.7. The first-order valence-electron chi connectivity index (χ1n) is 6.12. The van der Waals surface area contributed by atoms with E-state index in [0.29, 0.717) is 18.9 Å². The lowest BCUT2D eigenvalue weighted by molar-refractivity contribution is 0.00528. The largest absolute Gasteiger partial charge is 0.456 e. The molecule has 1 aliphatic heterocycles. The van der Waals surface area contributed by atoms with Gasteiger partial charge in [-0.3, -0.25) is 4.79 Å². The van der Waals surface area contributed by atoms with Crippen LogP contribution >= 0.6 is 0 Å². The van der Waals surface area contributed by atoms with Crippen LogP contribution in [0.4, 0.5) is 0 Å². The third-order valence-corrected chi connectivity index (χ3v) is 3.02. The van der Waals surface area contributed by atoms with Gasteiger partial charge in [0.2, 0.25) is 0 Å². The fourth-order valence-corrected chi connectivity index (χ4v) is 1.92. The molecule has 0 radical (unpaired) electrons. The third-order valence-electron chi connectivity index (χ3n) is 3.02. The molecule has 2 rings (SSSR count). The predicted molar refractivity (Wildman–Crippen MR) is 67.1 cm³/mol. The molecule has 1 aromatic heterocycles. The summed E-state index contributed by atoms with van der Waals surface area (Å²) < 4.78 is 10.8. The molecule has 1 amide bonds. The highest BCUT2D eigenvalue weighted by atomic mass is 16.5. The van der Waals surface area contributed by atoms with Gasteiger partial charge >= 0.3 is 0 Å². The molecule has 0 aromatic carbocycles. The molecule has 104 valence electrons. The van der Waals surface area contributed by atoms with Crippen molar-refractivity contribution in [2.75, 3.05) is 19.7 Å². The highest BCUT2D eigenvalue weighted by Crippen LogP contribution is 2.14. The molecule has 19 heavy (non-hydrogen) atoms. The second-order valence-corrected chi connectivity index (χ2v) is 4.25. The first-order chi connectivity index (χ1) is 9.15. The first-order valence-corrected chi connectivity index (χ1v) is 6.12. The van der Waals surface area contributed by atoms with Crippen LogP contribution in [0.15, 0.2) is 21.7 Å². The van der Waals surface area contributed by atoms with E-state index in [2.05, 4.69) is 5.16 Å². The van der Waals surface area contributed by atoms with Gasteiger partial charge in [0.15, 0.2) is 11.6 Å². The highest BCUT2D eigenvalue weighted by molar-refractivity contribution is 5.92. The van der Waals surface area contributed by atoms with Gasteiger partial charge in [0.05, 0.1) is 13.2 Å². The number of amides is 1. The standard InChI is InChI=1S/C12H17N3O4/c1-2-8-3-4-9(19-8)12(16)15-5-6-18-10(7-15)11(13)14-17/h3-4,10,17H,2,5-7H2,1H3,(H2,13,14). The van der Waals surface area contributed by atoms with Crippen molar-refractivity contribution in [3.63, 3.8) is 0 Å². The van der Waals surface area contributed by atoms with E-state index in [1.807, 2.05) is 6.92 Å². The fraction of sp³-hybridized carbons (Fsp3) is 0.500. The summed E-state index contributed by atoms with van der Waals surface area (Å²) in [5.74, 6) is 0.825. The minimum atomic E-state index is -0.580. The smallest absolute Gasteiger partial charge is 0.289 e. The maximum Gasteiger partial charge on any atom is 0.289 e. The van der Waals surface area contributed by atoms with Crippen molar-refractivity contribution in [1.82, 2.24) is 4.90 Å². The van der Waals surface area contributed by atoms with Crippen LogP contribution in [0, 0.1) is 0 Å². The second kappa shape index (κ2) is 5.75. The summed E-state index contributed by atoms with van der Waals surface area (Å²) in [4.78, 5) is 13.8. The third kappa shape index (κ3) is 2.87. The van der Waals surface area contributed by atoms with Gasteiger partial charge in [-0.2, -0.15) is 0 Å². The average molecular weight is 267 g/mol. The first kappa shape index (κ1) is 13.4. The molecule has 3 N–H and O–H groups in total. The number of furan rings is 1.